The summed E-state index contributed by atoms with van der Waals surface area (Å²) < 4.78 is 0. The van der Waals surface area contributed by atoms with Crippen LogP contribution in [-0.4, -0.2) is 0 Å². The van der Waals surface area contributed by atoms with E-state index >= 15 is 0 Å². The van der Waals surface area contributed by atoms with Crippen molar-refractivity contribution in [2.24, 2.45) is 0 Å². The Morgan fingerprint density at radius 3 is 1.46 bits per heavy atom. The zero-order valence-electron chi connectivity index (χ0n) is 29.6. The maximum Gasteiger partial charge on any atom is 0.0465 e. The summed E-state index contributed by atoms with van der Waals surface area (Å²) in [6.07, 6.45) is 0. The third kappa shape index (κ3) is 5.63. The lowest BCUT2D eigenvalue weighted by Crippen LogP contribution is -2.16. The molecule has 7 aromatic rings. The predicted molar refractivity (Wildman–Crippen MR) is 214 cm³/mol. The van der Waals surface area contributed by atoms with E-state index in [-0.39, 0.29) is 10.8 Å². The minimum Gasteiger partial charge on any atom is -0.310 e. The molecule has 0 fully saturated rings. The lowest BCUT2D eigenvalue weighted by Gasteiger charge is -2.29. The number of hydrogen-bond donors (Lipinski definition) is 0. The molecule has 0 unspecified atom stereocenters. The molecule has 8 rings (SSSR count). The molecule has 1 aliphatic carbocycles. The van der Waals surface area contributed by atoms with Gasteiger partial charge in [0.25, 0.3) is 0 Å². The average Bonchev–Trinajstić information content (AvgIpc) is 3.38. The molecule has 1 nitrogen and oxygen atoms in total. The second kappa shape index (κ2) is 12.3. The quantitative estimate of drug-likeness (QED) is 0.174. The van der Waals surface area contributed by atoms with Gasteiger partial charge in [0.2, 0.25) is 0 Å². The maximum atomic E-state index is 2.41. The van der Waals surface area contributed by atoms with Crippen LogP contribution in [0.15, 0.2) is 170 Å². The van der Waals surface area contributed by atoms with Crippen LogP contribution in [0, 0.1) is 0 Å². The maximum absolute atomic E-state index is 2.41. The normalized spacial score (nSPS) is 13.1. The highest BCUT2D eigenvalue weighted by Gasteiger charge is 2.35. The number of fused-ring (bicyclic) bond motifs is 3. The number of rotatable bonds is 6. The van der Waals surface area contributed by atoms with Gasteiger partial charge in [0.15, 0.2) is 0 Å². The molecule has 0 N–H and O–H groups in total. The predicted octanol–water partition coefficient (Wildman–Crippen LogP) is 13.8. The molecule has 1 aliphatic rings. The second-order valence-corrected chi connectivity index (χ2v) is 15.1. The minimum atomic E-state index is -0.0795. The first-order valence-corrected chi connectivity index (χ1v) is 17.7. The van der Waals surface area contributed by atoms with Crippen LogP contribution in [0.3, 0.4) is 0 Å². The molecule has 50 heavy (non-hydrogen) atoms. The van der Waals surface area contributed by atoms with E-state index in [0.717, 1.165) is 17.1 Å². The third-order valence-corrected chi connectivity index (χ3v) is 10.4. The smallest absolute Gasteiger partial charge is 0.0465 e. The van der Waals surface area contributed by atoms with Crippen LogP contribution in [0.2, 0.25) is 0 Å². The van der Waals surface area contributed by atoms with Crippen molar-refractivity contribution in [3.63, 3.8) is 0 Å². The minimum absolute atomic E-state index is 0.0138. The standard InChI is InChI=1S/C49H43N/c1-48(2,3)46-32-38(35-16-10-7-11-17-35)24-30-42(46)37-22-27-40(28-23-37)50(39-25-20-36(21-26-39)34-14-8-6-9-15-34)41-29-31-44-43-18-12-13-19-45(43)49(4,5)47(44)33-41/h6-33H,1-5H3. The van der Waals surface area contributed by atoms with E-state index in [0.29, 0.717) is 0 Å². The van der Waals surface area contributed by atoms with Gasteiger partial charge in [-0.15, -0.1) is 0 Å². The summed E-state index contributed by atoms with van der Waals surface area (Å²) in [6, 6.07) is 62.3. The van der Waals surface area contributed by atoms with Crippen molar-refractivity contribution < 1.29 is 0 Å². The molecule has 7 aromatic carbocycles. The van der Waals surface area contributed by atoms with E-state index in [1.54, 1.807) is 0 Å². The van der Waals surface area contributed by atoms with Crippen molar-refractivity contribution in [1.82, 2.24) is 0 Å². The Morgan fingerprint density at radius 2 is 0.840 bits per heavy atom. The molecule has 1 heteroatoms. The van der Waals surface area contributed by atoms with Gasteiger partial charge in [-0.3, -0.25) is 0 Å². The number of anilines is 3. The Hall–Kier alpha value is -5.66. The fraction of sp³-hybridized carbons (Fsp3) is 0.143. The number of hydrogen-bond acceptors (Lipinski definition) is 1. The molecule has 0 heterocycles. The second-order valence-electron chi connectivity index (χ2n) is 15.1. The summed E-state index contributed by atoms with van der Waals surface area (Å²) in [5.41, 5.74) is 17.5. The first-order valence-electron chi connectivity index (χ1n) is 17.7. The van der Waals surface area contributed by atoms with Crippen molar-refractivity contribution in [3.05, 3.63) is 187 Å². The zero-order valence-corrected chi connectivity index (χ0v) is 29.6. The van der Waals surface area contributed by atoms with Crippen molar-refractivity contribution in [2.75, 3.05) is 4.90 Å². The van der Waals surface area contributed by atoms with Gasteiger partial charge in [-0.2, -0.15) is 0 Å². The van der Waals surface area contributed by atoms with Crippen molar-refractivity contribution in [3.8, 4) is 44.5 Å². The van der Waals surface area contributed by atoms with Crippen LogP contribution in [-0.2, 0) is 10.8 Å². The number of benzene rings is 7. The van der Waals surface area contributed by atoms with Crippen molar-refractivity contribution in [1.29, 1.82) is 0 Å². The van der Waals surface area contributed by atoms with E-state index in [1.807, 2.05) is 0 Å². The summed E-state index contributed by atoms with van der Waals surface area (Å²) in [6.45, 7) is 11.6. The molecular weight excluding hydrogens is 603 g/mol. The van der Waals surface area contributed by atoms with E-state index in [2.05, 4.69) is 209 Å². The summed E-state index contributed by atoms with van der Waals surface area (Å²) in [5, 5.41) is 0. The molecule has 0 atom stereocenters. The summed E-state index contributed by atoms with van der Waals surface area (Å²) in [7, 11) is 0. The Balaban J connectivity index is 1.22. The molecular formula is C49H43N. The summed E-state index contributed by atoms with van der Waals surface area (Å²) in [4.78, 5) is 2.40. The Labute approximate surface area is 297 Å². The van der Waals surface area contributed by atoms with Crippen LogP contribution < -0.4 is 4.90 Å². The highest BCUT2D eigenvalue weighted by molar-refractivity contribution is 5.86. The lowest BCUT2D eigenvalue weighted by molar-refractivity contribution is 0.592. The molecule has 0 saturated carbocycles. The Morgan fingerprint density at radius 1 is 0.380 bits per heavy atom. The van der Waals surface area contributed by atoms with Crippen LogP contribution in [0.4, 0.5) is 17.1 Å². The Bertz CT molecular complexity index is 2290. The summed E-state index contributed by atoms with van der Waals surface area (Å²) >= 11 is 0. The third-order valence-electron chi connectivity index (χ3n) is 10.4. The van der Waals surface area contributed by atoms with Gasteiger partial charge >= 0.3 is 0 Å². The van der Waals surface area contributed by atoms with Gasteiger partial charge in [0, 0.05) is 22.5 Å². The molecule has 0 bridgehead atoms. The Kier molecular flexibility index (Phi) is 7.80. The monoisotopic (exact) mass is 645 g/mol. The fourth-order valence-electron chi connectivity index (χ4n) is 7.73. The van der Waals surface area contributed by atoms with Gasteiger partial charge in [-0.05, 0) is 103 Å². The topological polar surface area (TPSA) is 3.24 Å². The van der Waals surface area contributed by atoms with Crippen LogP contribution in [0.25, 0.3) is 44.5 Å². The van der Waals surface area contributed by atoms with E-state index in [4.69, 9.17) is 0 Å². The molecule has 0 saturated heterocycles. The van der Waals surface area contributed by atoms with E-state index in [9.17, 15) is 0 Å². The molecule has 0 spiro atoms. The SMILES string of the molecule is CC(C)(C)c1cc(-c2ccccc2)ccc1-c1ccc(N(c2ccc(-c3ccccc3)cc2)c2ccc3c(c2)C(C)(C)c2ccccc2-3)cc1. The highest BCUT2D eigenvalue weighted by Crippen LogP contribution is 2.50. The average molecular weight is 646 g/mol. The van der Waals surface area contributed by atoms with E-state index < -0.39 is 0 Å². The van der Waals surface area contributed by atoms with Crippen molar-refractivity contribution >= 4 is 17.1 Å². The molecule has 0 amide bonds. The van der Waals surface area contributed by atoms with E-state index in [1.165, 1.54) is 61.2 Å². The van der Waals surface area contributed by atoms with Gasteiger partial charge in [-0.25, -0.2) is 0 Å². The van der Waals surface area contributed by atoms with Gasteiger partial charge in [0.05, 0.1) is 0 Å². The zero-order chi connectivity index (χ0) is 34.5. The fourth-order valence-corrected chi connectivity index (χ4v) is 7.73. The lowest BCUT2D eigenvalue weighted by atomic mass is 9.80. The highest BCUT2D eigenvalue weighted by atomic mass is 15.1. The van der Waals surface area contributed by atoms with Crippen LogP contribution in [0.1, 0.15) is 51.3 Å². The first-order chi connectivity index (χ1) is 24.2. The summed E-state index contributed by atoms with van der Waals surface area (Å²) in [5.74, 6) is 0. The number of nitrogens with zero attached hydrogens (tertiary/aromatic N) is 1. The van der Waals surface area contributed by atoms with Gasteiger partial charge < -0.3 is 4.90 Å². The van der Waals surface area contributed by atoms with Gasteiger partial charge in [0.1, 0.15) is 0 Å². The molecule has 0 aromatic heterocycles. The first kappa shape index (κ1) is 31.6. The molecule has 0 radical (unpaired) electrons. The van der Waals surface area contributed by atoms with Gasteiger partial charge in [-0.1, -0.05) is 168 Å². The molecule has 0 aliphatic heterocycles. The molecule has 244 valence electrons. The van der Waals surface area contributed by atoms with Crippen LogP contribution >= 0.6 is 0 Å². The van der Waals surface area contributed by atoms with Crippen molar-refractivity contribution in [2.45, 2.75) is 45.4 Å². The largest absolute Gasteiger partial charge is 0.310 e. The van der Waals surface area contributed by atoms with Crippen LogP contribution in [0.5, 0.6) is 0 Å².